The second-order valence-corrected chi connectivity index (χ2v) is 4.61. The molecule has 1 fully saturated rings. The van der Waals surface area contributed by atoms with E-state index in [1.807, 2.05) is 0 Å². The minimum atomic E-state index is -0.341. The minimum absolute atomic E-state index is 0.0615. The fourth-order valence-electron chi connectivity index (χ4n) is 1.83. The summed E-state index contributed by atoms with van der Waals surface area (Å²) in [7, 11) is 0. The Morgan fingerprint density at radius 3 is 2.44 bits per heavy atom. The number of esters is 1. The van der Waals surface area contributed by atoms with E-state index < -0.39 is 0 Å². The van der Waals surface area contributed by atoms with Gasteiger partial charge in [-0.2, -0.15) is 0 Å². The molecule has 1 aromatic carbocycles. The van der Waals surface area contributed by atoms with Crippen molar-refractivity contribution in [2.45, 2.75) is 20.3 Å². The van der Waals surface area contributed by atoms with Gasteiger partial charge in [0.25, 0.3) is 0 Å². The Morgan fingerprint density at radius 2 is 1.94 bits per heavy atom. The summed E-state index contributed by atoms with van der Waals surface area (Å²) in [4.78, 5) is 23.1. The lowest BCUT2D eigenvalue weighted by atomic mass is 10.2. The van der Waals surface area contributed by atoms with Gasteiger partial charge in [-0.05, 0) is 43.5 Å². The number of anilines is 1. The van der Waals surface area contributed by atoms with Gasteiger partial charge >= 0.3 is 5.97 Å². The third kappa shape index (κ3) is 2.88. The van der Waals surface area contributed by atoms with E-state index in [4.69, 9.17) is 4.74 Å². The van der Waals surface area contributed by atoms with E-state index in [0.717, 1.165) is 6.42 Å². The van der Waals surface area contributed by atoms with Crippen LogP contribution in [0.25, 0.3) is 0 Å². The lowest BCUT2D eigenvalue weighted by Gasteiger charge is -2.06. The van der Waals surface area contributed by atoms with Crippen molar-refractivity contribution in [1.29, 1.82) is 0 Å². The van der Waals surface area contributed by atoms with Crippen LogP contribution in [0.4, 0.5) is 5.69 Å². The largest absolute Gasteiger partial charge is 0.462 e. The summed E-state index contributed by atoms with van der Waals surface area (Å²) in [6.07, 6.45) is 0.965. The van der Waals surface area contributed by atoms with E-state index in [1.54, 1.807) is 31.2 Å². The minimum Gasteiger partial charge on any atom is -0.462 e. The van der Waals surface area contributed by atoms with Gasteiger partial charge in [-0.25, -0.2) is 4.79 Å². The maximum Gasteiger partial charge on any atom is 0.338 e. The van der Waals surface area contributed by atoms with Crippen LogP contribution in [0.3, 0.4) is 0 Å². The molecule has 0 bridgehead atoms. The Hall–Kier alpha value is -1.84. The molecule has 2 atom stereocenters. The second-order valence-electron chi connectivity index (χ2n) is 4.61. The molecule has 1 aliphatic rings. The van der Waals surface area contributed by atoms with Crippen molar-refractivity contribution in [2.75, 3.05) is 11.9 Å². The fraction of sp³-hybridized carbons (Fsp3) is 0.429. The van der Waals surface area contributed by atoms with Crippen LogP contribution in [0.15, 0.2) is 24.3 Å². The summed E-state index contributed by atoms with van der Waals surface area (Å²) in [5.74, 6) is 0.358. The Kier molecular flexibility index (Phi) is 3.65. The summed E-state index contributed by atoms with van der Waals surface area (Å²) in [6.45, 7) is 4.19. The summed E-state index contributed by atoms with van der Waals surface area (Å²) in [6, 6.07) is 6.75. The van der Waals surface area contributed by atoms with Gasteiger partial charge in [0, 0.05) is 11.6 Å². The fourth-order valence-corrected chi connectivity index (χ4v) is 1.83. The smallest absolute Gasteiger partial charge is 0.338 e. The zero-order valence-electron chi connectivity index (χ0n) is 10.6. The first-order valence-corrected chi connectivity index (χ1v) is 6.20. The summed E-state index contributed by atoms with van der Waals surface area (Å²) >= 11 is 0. The standard InChI is InChI=1S/C14H17NO3/c1-3-18-14(17)10-4-6-11(7-5-10)15-13(16)12-8-9(12)2/h4-7,9,12H,3,8H2,1-2H3,(H,15,16)/t9-,12+/m1/s1. The van der Waals surface area contributed by atoms with Gasteiger partial charge in [-0.15, -0.1) is 0 Å². The number of hydrogen-bond donors (Lipinski definition) is 1. The predicted octanol–water partition coefficient (Wildman–Crippen LogP) is 2.46. The molecule has 0 spiro atoms. The summed E-state index contributed by atoms with van der Waals surface area (Å²) in [5.41, 5.74) is 1.21. The molecule has 1 aromatic rings. The van der Waals surface area contributed by atoms with Crippen molar-refractivity contribution in [1.82, 2.24) is 0 Å². The van der Waals surface area contributed by atoms with Crippen molar-refractivity contribution in [2.24, 2.45) is 11.8 Å². The molecule has 4 heteroatoms. The molecule has 96 valence electrons. The number of nitrogens with one attached hydrogen (secondary N) is 1. The number of benzene rings is 1. The molecule has 18 heavy (non-hydrogen) atoms. The number of hydrogen-bond acceptors (Lipinski definition) is 3. The SMILES string of the molecule is CCOC(=O)c1ccc(NC(=O)[C@H]2C[C@H]2C)cc1. The van der Waals surface area contributed by atoms with Gasteiger partial charge in [-0.3, -0.25) is 4.79 Å². The Balaban J connectivity index is 1.95. The Morgan fingerprint density at radius 1 is 1.33 bits per heavy atom. The molecule has 0 heterocycles. The van der Waals surface area contributed by atoms with Crippen LogP contribution in [0.1, 0.15) is 30.6 Å². The van der Waals surface area contributed by atoms with Crippen molar-refractivity contribution in [3.63, 3.8) is 0 Å². The van der Waals surface area contributed by atoms with E-state index in [1.165, 1.54) is 0 Å². The maximum atomic E-state index is 11.7. The highest BCUT2D eigenvalue weighted by Crippen LogP contribution is 2.38. The van der Waals surface area contributed by atoms with Gasteiger partial charge in [0.2, 0.25) is 5.91 Å². The van der Waals surface area contributed by atoms with E-state index >= 15 is 0 Å². The molecule has 0 saturated heterocycles. The van der Waals surface area contributed by atoms with Gasteiger partial charge in [0.1, 0.15) is 0 Å². The van der Waals surface area contributed by atoms with E-state index in [2.05, 4.69) is 12.2 Å². The number of ether oxygens (including phenoxy) is 1. The third-order valence-electron chi connectivity index (χ3n) is 3.11. The summed E-state index contributed by atoms with van der Waals surface area (Å²) < 4.78 is 4.88. The third-order valence-corrected chi connectivity index (χ3v) is 3.11. The molecule has 0 radical (unpaired) electrons. The summed E-state index contributed by atoms with van der Waals surface area (Å²) in [5, 5.41) is 2.84. The van der Waals surface area contributed by atoms with Gasteiger partial charge in [-0.1, -0.05) is 6.92 Å². The first-order valence-electron chi connectivity index (χ1n) is 6.20. The molecule has 0 aromatic heterocycles. The van der Waals surface area contributed by atoms with Crippen LogP contribution >= 0.6 is 0 Å². The molecule has 0 aliphatic heterocycles. The average molecular weight is 247 g/mol. The number of rotatable bonds is 4. The molecule has 1 aliphatic carbocycles. The van der Waals surface area contributed by atoms with Crippen molar-refractivity contribution >= 4 is 17.6 Å². The highest BCUT2D eigenvalue weighted by atomic mass is 16.5. The monoisotopic (exact) mass is 247 g/mol. The molecule has 1 saturated carbocycles. The molecule has 4 nitrogen and oxygen atoms in total. The van der Waals surface area contributed by atoms with Crippen LogP contribution in [0, 0.1) is 11.8 Å². The van der Waals surface area contributed by atoms with Gasteiger partial charge in [0.05, 0.1) is 12.2 Å². The molecule has 0 unspecified atom stereocenters. The van der Waals surface area contributed by atoms with E-state index in [0.29, 0.717) is 23.8 Å². The lowest BCUT2D eigenvalue weighted by Crippen LogP contribution is -2.14. The van der Waals surface area contributed by atoms with E-state index in [9.17, 15) is 9.59 Å². The molecular weight excluding hydrogens is 230 g/mol. The van der Waals surface area contributed by atoms with Crippen molar-refractivity contribution in [3.8, 4) is 0 Å². The first-order chi connectivity index (χ1) is 8.61. The maximum absolute atomic E-state index is 11.7. The molecular formula is C14H17NO3. The highest BCUT2D eigenvalue weighted by molar-refractivity contribution is 5.95. The molecule has 1 N–H and O–H groups in total. The zero-order valence-corrected chi connectivity index (χ0v) is 10.6. The van der Waals surface area contributed by atoms with Gasteiger partial charge in [0.15, 0.2) is 0 Å². The molecule has 1 amide bonds. The topological polar surface area (TPSA) is 55.4 Å². The number of carbonyl (C=O) groups is 2. The van der Waals surface area contributed by atoms with Crippen LogP contribution in [0.5, 0.6) is 0 Å². The van der Waals surface area contributed by atoms with Crippen LogP contribution in [-0.4, -0.2) is 18.5 Å². The lowest BCUT2D eigenvalue weighted by molar-refractivity contribution is -0.117. The van der Waals surface area contributed by atoms with Crippen LogP contribution < -0.4 is 5.32 Å². The Labute approximate surface area is 106 Å². The van der Waals surface area contributed by atoms with Crippen molar-refractivity contribution < 1.29 is 14.3 Å². The van der Waals surface area contributed by atoms with Crippen LogP contribution in [-0.2, 0) is 9.53 Å². The predicted molar refractivity (Wildman–Crippen MR) is 68.3 cm³/mol. The number of carbonyl (C=O) groups excluding carboxylic acids is 2. The average Bonchev–Trinajstić information content (AvgIpc) is 3.08. The van der Waals surface area contributed by atoms with Gasteiger partial charge < -0.3 is 10.1 Å². The zero-order chi connectivity index (χ0) is 13.1. The molecule has 2 rings (SSSR count). The number of amides is 1. The van der Waals surface area contributed by atoms with Crippen LogP contribution in [0.2, 0.25) is 0 Å². The second kappa shape index (κ2) is 5.21. The van der Waals surface area contributed by atoms with E-state index in [-0.39, 0.29) is 17.8 Å². The highest BCUT2D eigenvalue weighted by Gasteiger charge is 2.38. The Bertz CT molecular complexity index is 453. The quantitative estimate of drug-likeness (QED) is 0.831. The van der Waals surface area contributed by atoms with Crippen molar-refractivity contribution in [3.05, 3.63) is 29.8 Å². The first kappa shape index (κ1) is 12.6. The normalized spacial score (nSPS) is 21.2.